The van der Waals surface area contributed by atoms with Gasteiger partial charge in [0.2, 0.25) is 5.88 Å². The second kappa shape index (κ2) is 5.21. The topological polar surface area (TPSA) is 48.1 Å². The van der Waals surface area contributed by atoms with E-state index >= 15 is 0 Å². The normalized spacial score (nSPS) is 11.4. The van der Waals surface area contributed by atoms with Crippen LogP contribution in [-0.2, 0) is 5.41 Å². The van der Waals surface area contributed by atoms with Gasteiger partial charge in [-0.05, 0) is 45.1 Å². The molecule has 1 heterocycles. The van der Waals surface area contributed by atoms with E-state index in [2.05, 4.69) is 53.8 Å². The highest BCUT2D eigenvalue weighted by Crippen LogP contribution is 2.29. The van der Waals surface area contributed by atoms with Gasteiger partial charge in [-0.15, -0.1) is 0 Å². The van der Waals surface area contributed by atoms with Crippen LogP contribution >= 0.6 is 15.9 Å². The number of halogens is 1. The molecule has 2 N–H and O–H groups in total. The van der Waals surface area contributed by atoms with Crippen molar-refractivity contribution in [3.63, 3.8) is 0 Å². The quantitative estimate of drug-likeness (QED) is 0.885. The Morgan fingerprint density at radius 3 is 2.32 bits per heavy atom. The summed E-state index contributed by atoms with van der Waals surface area (Å²) >= 11 is 3.32. The minimum absolute atomic E-state index is 0.132. The van der Waals surface area contributed by atoms with Crippen LogP contribution in [0.2, 0.25) is 0 Å². The van der Waals surface area contributed by atoms with Gasteiger partial charge in [0.1, 0.15) is 5.75 Å². The largest absolute Gasteiger partial charge is 0.437 e. The third-order valence-electron chi connectivity index (χ3n) is 2.78. The molecular weight excluding hydrogens is 304 g/mol. The summed E-state index contributed by atoms with van der Waals surface area (Å²) in [6.07, 6.45) is 1.66. The van der Waals surface area contributed by atoms with Gasteiger partial charge in [0, 0.05) is 10.7 Å². The van der Waals surface area contributed by atoms with Crippen LogP contribution in [-0.4, -0.2) is 4.98 Å². The van der Waals surface area contributed by atoms with Gasteiger partial charge in [-0.25, -0.2) is 4.98 Å². The van der Waals surface area contributed by atoms with Gasteiger partial charge in [-0.2, -0.15) is 0 Å². The average molecular weight is 321 g/mol. The van der Waals surface area contributed by atoms with Crippen molar-refractivity contribution in [2.45, 2.75) is 26.2 Å². The van der Waals surface area contributed by atoms with Crippen molar-refractivity contribution in [1.29, 1.82) is 0 Å². The van der Waals surface area contributed by atoms with E-state index in [1.165, 1.54) is 5.56 Å². The molecule has 0 fully saturated rings. The summed E-state index contributed by atoms with van der Waals surface area (Å²) in [7, 11) is 0. The Balaban J connectivity index is 2.20. The molecule has 0 unspecified atom stereocenters. The molecule has 0 aliphatic rings. The van der Waals surface area contributed by atoms with Crippen LogP contribution in [0.25, 0.3) is 0 Å². The van der Waals surface area contributed by atoms with Crippen molar-refractivity contribution in [2.75, 3.05) is 5.73 Å². The van der Waals surface area contributed by atoms with Gasteiger partial charge in [-0.1, -0.05) is 32.9 Å². The number of nitrogens with two attached hydrogens (primary N) is 1. The number of aromatic nitrogens is 1. The van der Waals surface area contributed by atoms with Crippen LogP contribution in [0.1, 0.15) is 26.3 Å². The molecule has 100 valence electrons. The van der Waals surface area contributed by atoms with Crippen LogP contribution < -0.4 is 10.5 Å². The standard InChI is InChI=1S/C15H17BrN2O/c1-15(2,3)10-4-6-12(7-5-10)19-14-13(17)8-11(16)9-18-14/h4-9H,17H2,1-3H3. The summed E-state index contributed by atoms with van der Waals surface area (Å²) in [5.41, 5.74) is 7.75. The number of hydrogen-bond donors (Lipinski definition) is 1. The Hall–Kier alpha value is -1.55. The number of benzene rings is 1. The van der Waals surface area contributed by atoms with Gasteiger partial charge in [0.15, 0.2) is 0 Å². The molecule has 0 saturated carbocycles. The van der Waals surface area contributed by atoms with Gasteiger partial charge in [0.05, 0.1) is 5.69 Å². The minimum Gasteiger partial charge on any atom is -0.437 e. The Kier molecular flexibility index (Phi) is 3.80. The molecule has 19 heavy (non-hydrogen) atoms. The van der Waals surface area contributed by atoms with E-state index in [0.29, 0.717) is 11.6 Å². The lowest BCUT2D eigenvalue weighted by Crippen LogP contribution is -2.10. The third kappa shape index (κ3) is 3.47. The number of pyridine rings is 1. The summed E-state index contributed by atoms with van der Waals surface area (Å²) < 4.78 is 6.51. The van der Waals surface area contributed by atoms with Crippen LogP contribution in [0.15, 0.2) is 41.0 Å². The fraction of sp³-hybridized carbons (Fsp3) is 0.267. The lowest BCUT2D eigenvalue weighted by atomic mass is 9.87. The molecule has 2 aromatic rings. The first-order valence-electron chi connectivity index (χ1n) is 6.06. The SMILES string of the molecule is CC(C)(C)c1ccc(Oc2ncc(Br)cc2N)cc1. The van der Waals surface area contributed by atoms with E-state index in [9.17, 15) is 0 Å². The monoisotopic (exact) mass is 320 g/mol. The van der Waals surface area contributed by atoms with E-state index in [4.69, 9.17) is 10.5 Å². The molecule has 0 bridgehead atoms. The van der Waals surface area contributed by atoms with Crippen molar-refractivity contribution in [3.05, 3.63) is 46.6 Å². The van der Waals surface area contributed by atoms with Crippen molar-refractivity contribution in [3.8, 4) is 11.6 Å². The number of nitrogen functional groups attached to an aromatic ring is 1. The number of ether oxygens (including phenoxy) is 1. The molecule has 1 aromatic carbocycles. The molecule has 0 saturated heterocycles. The van der Waals surface area contributed by atoms with Crippen LogP contribution in [0, 0.1) is 0 Å². The van der Waals surface area contributed by atoms with E-state index in [0.717, 1.165) is 10.2 Å². The van der Waals surface area contributed by atoms with Crippen molar-refractivity contribution in [1.82, 2.24) is 4.98 Å². The van der Waals surface area contributed by atoms with Crippen LogP contribution in [0.4, 0.5) is 5.69 Å². The molecule has 4 heteroatoms. The highest BCUT2D eigenvalue weighted by Gasteiger charge is 2.13. The van der Waals surface area contributed by atoms with Crippen molar-refractivity contribution in [2.24, 2.45) is 0 Å². The first-order valence-corrected chi connectivity index (χ1v) is 6.85. The van der Waals surface area contributed by atoms with Crippen LogP contribution in [0.3, 0.4) is 0 Å². The van der Waals surface area contributed by atoms with Gasteiger partial charge >= 0.3 is 0 Å². The summed E-state index contributed by atoms with van der Waals surface area (Å²) in [5, 5.41) is 0. The molecule has 0 aliphatic carbocycles. The Morgan fingerprint density at radius 1 is 1.16 bits per heavy atom. The van der Waals surface area contributed by atoms with E-state index in [-0.39, 0.29) is 5.41 Å². The Morgan fingerprint density at radius 2 is 1.79 bits per heavy atom. The molecule has 2 rings (SSSR count). The number of nitrogens with zero attached hydrogens (tertiary/aromatic N) is 1. The predicted molar refractivity (Wildman–Crippen MR) is 81.6 cm³/mol. The van der Waals surface area contributed by atoms with Crippen molar-refractivity contribution < 1.29 is 4.74 Å². The maximum atomic E-state index is 5.85. The average Bonchev–Trinajstić information content (AvgIpc) is 2.32. The third-order valence-corrected chi connectivity index (χ3v) is 3.21. The molecule has 3 nitrogen and oxygen atoms in total. The summed E-state index contributed by atoms with van der Waals surface area (Å²) in [6, 6.07) is 9.76. The smallest absolute Gasteiger partial charge is 0.242 e. The number of hydrogen-bond acceptors (Lipinski definition) is 3. The highest BCUT2D eigenvalue weighted by molar-refractivity contribution is 9.10. The first kappa shape index (κ1) is 13.9. The maximum absolute atomic E-state index is 5.85. The van der Waals surface area contributed by atoms with Crippen molar-refractivity contribution >= 4 is 21.6 Å². The predicted octanol–water partition coefficient (Wildman–Crippen LogP) is 4.52. The summed E-state index contributed by atoms with van der Waals surface area (Å²) in [6.45, 7) is 6.53. The van der Waals surface area contributed by atoms with Gasteiger partial charge in [0.25, 0.3) is 0 Å². The van der Waals surface area contributed by atoms with E-state index < -0.39 is 0 Å². The summed E-state index contributed by atoms with van der Waals surface area (Å²) in [5.74, 6) is 1.15. The zero-order chi connectivity index (χ0) is 14.0. The molecule has 1 aromatic heterocycles. The molecule has 0 radical (unpaired) electrons. The highest BCUT2D eigenvalue weighted by atomic mass is 79.9. The molecule has 0 spiro atoms. The van der Waals surface area contributed by atoms with E-state index in [1.54, 1.807) is 12.3 Å². The maximum Gasteiger partial charge on any atom is 0.242 e. The lowest BCUT2D eigenvalue weighted by molar-refractivity contribution is 0.464. The Labute approximate surface area is 121 Å². The number of rotatable bonds is 2. The zero-order valence-electron chi connectivity index (χ0n) is 11.3. The fourth-order valence-electron chi connectivity index (χ4n) is 1.66. The summed E-state index contributed by atoms with van der Waals surface area (Å²) in [4.78, 5) is 4.15. The Bertz CT molecular complexity index is 574. The lowest BCUT2D eigenvalue weighted by Gasteiger charge is -2.19. The van der Waals surface area contributed by atoms with Gasteiger partial charge < -0.3 is 10.5 Å². The zero-order valence-corrected chi connectivity index (χ0v) is 12.9. The second-order valence-corrected chi connectivity index (χ2v) is 6.34. The number of anilines is 1. The molecule has 0 atom stereocenters. The fourth-order valence-corrected chi connectivity index (χ4v) is 2.01. The second-order valence-electron chi connectivity index (χ2n) is 5.42. The van der Waals surface area contributed by atoms with Gasteiger partial charge in [-0.3, -0.25) is 0 Å². The molecular formula is C15H17BrN2O. The minimum atomic E-state index is 0.132. The molecule has 0 aliphatic heterocycles. The van der Waals surface area contributed by atoms with E-state index in [1.807, 2.05) is 12.1 Å². The van der Waals surface area contributed by atoms with Crippen LogP contribution in [0.5, 0.6) is 11.6 Å². The molecule has 0 amide bonds. The first-order chi connectivity index (χ1) is 8.86.